The van der Waals surface area contributed by atoms with Crippen LogP contribution in [0.4, 0.5) is 0 Å². The molecule has 0 aromatic rings. The van der Waals surface area contributed by atoms with Gasteiger partial charge in [0.2, 0.25) is 5.91 Å². The second kappa shape index (κ2) is 3.81. The molecule has 2 aliphatic heterocycles. The highest BCUT2D eigenvalue weighted by atomic mass is 16.5. The molecule has 0 saturated carbocycles. The van der Waals surface area contributed by atoms with Crippen LogP contribution in [0.15, 0.2) is 0 Å². The number of rotatable bonds is 1. The minimum atomic E-state index is -0.438. The molecule has 0 radical (unpaired) electrons. The summed E-state index contributed by atoms with van der Waals surface area (Å²) in [4.78, 5) is 24.9. The quantitative estimate of drug-likeness (QED) is 0.602. The molecule has 84 valence electrons. The first kappa shape index (κ1) is 10.4. The lowest BCUT2D eigenvalue weighted by Crippen LogP contribution is -2.55. The highest BCUT2D eigenvalue weighted by molar-refractivity contribution is 5.89. The number of fused-ring (bicyclic) bond motifs is 1. The van der Waals surface area contributed by atoms with Crippen LogP contribution in [0, 0.1) is 0 Å². The van der Waals surface area contributed by atoms with Crippen molar-refractivity contribution in [2.24, 2.45) is 5.73 Å². The van der Waals surface area contributed by atoms with Crippen molar-refractivity contribution in [3.63, 3.8) is 0 Å². The van der Waals surface area contributed by atoms with Gasteiger partial charge in [-0.25, -0.2) is 4.79 Å². The van der Waals surface area contributed by atoms with Crippen LogP contribution in [0.5, 0.6) is 0 Å². The van der Waals surface area contributed by atoms with E-state index in [1.807, 2.05) is 0 Å². The van der Waals surface area contributed by atoms with Gasteiger partial charge in [0.05, 0.1) is 13.2 Å². The van der Waals surface area contributed by atoms with Gasteiger partial charge in [-0.2, -0.15) is 0 Å². The molecule has 2 fully saturated rings. The molecule has 2 heterocycles. The monoisotopic (exact) mass is 212 g/mol. The molecule has 5 nitrogen and oxygen atoms in total. The van der Waals surface area contributed by atoms with Crippen LogP contribution in [-0.4, -0.2) is 42.0 Å². The summed E-state index contributed by atoms with van der Waals surface area (Å²) >= 11 is 0. The van der Waals surface area contributed by atoms with Gasteiger partial charge in [-0.15, -0.1) is 0 Å². The minimum Gasteiger partial charge on any atom is -0.467 e. The maximum absolute atomic E-state index is 11.8. The predicted molar refractivity (Wildman–Crippen MR) is 52.9 cm³/mol. The number of carbonyl (C=O) groups excluding carboxylic acids is 2. The fraction of sp³-hybridized carbons (Fsp3) is 0.800. The van der Waals surface area contributed by atoms with Crippen LogP contribution >= 0.6 is 0 Å². The van der Waals surface area contributed by atoms with Crippen LogP contribution in [0.3, 0.4) is 0 Å². The molecule has 2 rings (SSSR count). The van der Waals surface area contributed by atoms with Crippen molar-refractivity contribution in [3.8, 4) is 0 Å². The number of hydrogen-bond donors (Lipinski definition) is 1. The summed E-state index contributed by atoms with van der Waals surface area (Å²) in [5, 5.41) is 0. The van der Waals surface area contributed by atoms with E-state index >= 15 is 0 Å². The first-order valence-corrected chi connectivity index (χ1v) is 5.30. The average molecular weight is 212 g/mol. The third-order valence-corrected chi connectivity index (χ3v) is 3.36. The Morgan fingerprint density at radius 1 is 1.40 bits per heavy atom. The van der Waals surface area contributed by atoms with Crippen LogP contribution < -0.4 is 5.73 Å². The molecule has 0 aromatic carbocycles. The SMILES string of the molecule is COC(=O)[C@@H]1CC[C@@H]2CC[C@H](N)C(=O)N21. The van der Waals surface area contributed by atoms with Gasteiger partial charge in [0.1, 0.15) is 6.04 Å². The zero-order chi connectivity index (χ0) is 11.0. The maximum atomic E-state index is 11.8. The molecule has 0 aliphatic carbocycles. The zero-order valence-corrected chi connectivity index (χ0v) is 8.81. The third-order valence-electron chi connectivity index (χ3n) is 3.36. The summed E-state index contributed by atoms with van der Waals surface area (Å²) in [6, 6.07) is -0.647. The van der Waals surface area contributed by atoms with Crippen molar-refractivity contribution >= 4 is 11.9 Å². The minimum absolute atomic E-state index is 0.0980. The van der Waals surface area contributed by atoms with Gasteiger partial charge in [0.15, 0.2) is 0 Å². The number of nitrogens with zero attached hydrogens (tertiary/aromatic N) is 1. The van der Waals surface area contributed by atoms with Crippen molar-refractivity contribution in [1.82, 2.24) is 4.90 Å². The standard InChI is InChI=1S/C10H16N2O3/c1-15-10(14)8-5-3-6-2-4-7(11)9(13)12(6)8/h6-8H,2-5,11H2,1H3/t6-,7-,8-/m0/s1. The fourth-order valence-corrected chi connectivity index (χ4v) is 2.55. The molecule has 2 aliphatic rings. The average Bonchev–Trinajstić information content (AvgIpc) is 2.67. The molecule has 2 saturated heterocycles. The molecule has 1 amide bonds. The number of amides is 1. The first-order chi connectivity index (χ1) is 7.15. The summed E-state index contributed by atoms with van der Waals surface area (Å²) in [6.07, 6.45) is 3.22. The smallest absolute Gasteiger partial charge is 0.328 e. The van der Waals surface area contributed by atoms with Gasteiger partial charge in [0, 0.05) is 6.04 Å². The van der Waals surface area contributed by atoms with E-state index in [0.717, 1.165) is 19.3 Å². The van der Waals surface area contributed by atoms with E-state index in [1.54, 1.807) is 4.90 Å². The van der Waals surface area contributed by atoms with Crippen LogP contribution in [0.1, 0.15) is 25.7 Å². The summed E-state index contributed by atoms with van der Waals surface area (Å²) in [6.45, 7) is 0. The van der Waals surface area contributed by atoms with E-state index in [1.165, 1.54) is 7.11 Å². The molecule has 0 bridgehead atoms. The highest BCUT2D eigenvalue weighted by Crippen LogP contribution is 2.32. The molecule has 0 aromatic heterocycles. The summed E-state index contributed by atoms with van der Waals surface area (Å²) < 4.78 is 4.69. The lowest BCUT2D eigenvalue weighted by molar-refractivity contribution is -0.154. The predicted octanol–water partition coefficient (Wildman–Crippen LogP) is -0.360. The van der Waals surface area contributed by atoms with Gasteiger partial charge >= 0.3 is 5.97 Å². The lowest BCUT2D eigenvalue weighted by Gasteiger charge is -2.35. The Kier molecular flexibility index (Phi) is 2.65. The Labute approximate surface area is 88.5 Å². The van der Waals surface area contributed by atoms with Crippen LogP contribution in [-0.2, 0) is 14.3 Å². The third kappa shape index (κ3) is 1.61. The van der Waals surface area contributed by atoms with E-state index in [2.05, 4.69) is 0 Å². The molecular formula is C10H16N2O3. The Hall–Kier alpha value is -1.10. The van der Waals surface area contributed by atoms with E-state index in [-0.39, 0.29) is 17.9 Å². The van der Waals surface area contributed by atoms with E-state index in [0.29, 0.717) is 6.42 Å². The molecule has 0 unspecified atom stereocenters. The van der Waals surface area contributed by atoms with Crippen molar-refractivity contribution in [3.05, 3.63) is 0 Å². The topological polar surface area (TPSA) is 72.6 Å². The number of hydrogen-bond acceptors (Lipinski definition) is 4. The Morgan fingerprint density at radius 2 is 2.07 bits per heavy atom. The number of ether oxygens (including phenoxy) is 1. The van der Waals surface area contributed by atoms with Crippen molar-refractivity contribution in [2.45, 2.75) is 43.8 Å². The van der Waals surface area contributed by atoms with Gasteiger partial charge in [-0.3, -0.25) is 4.79 Å². The van der Waals surface area contributed by atoms with Crippen molar-refractivity contribution in [1.29, 1.82) is 0 Å². The van der Waals surface area contributed by atoms with E-state index in [9.17, 15) is 9.59 Å². The van der Waals surface area contributed by atoms with Crippen LogP contribution in [0.2, 0.25) is 0 Å². The number of esters is 1. The fourth-order valence-electron chi connectivity index (χ4n) is 2.55. The molecule has 2 N–H and O–H groups in total. The van der Waals surface area contributed by atoms with Gasteiger partial charge in [-0.05, 0) is 25.7 Å². The van der Waals surface area contributed by atoms with Crippen LogP contribution in [0.25, 0.3) is 0 Å². The summed E-state index contributed by atoms with van der Waals surface area (Å²) in [5.74, 6) is -0.417. The normalized spacial score (nSPS) is 35.2. The second-order valence-electron chi connectivity index (χ2n) is 4.20. The lowest BCUT2D eigenvalue weighted by atomic mass is 9.99. The molecule has 15 heavy (non-hydrogen) atoms. The van der Waals surface area contributed by atoms with Crippen molar-refractivity contribution < 1.29 is 14.3 Å². The van der Waals surface area contributed by atoms with Gasteiger partial charge in [0.25, 0.3) is 0 Å². The second-order valence-corrected chi connectivity index (χ2v) is 4.20. The summed E-state index contributed by atoms with van der Waals surface area (Å²) in [5.41, 5.74) is 5.69. The number of methoxy groups -OCH3 is 1. The zero-order valence-electron chi connectivity index (χ0n) is 8.81. The van der Waals surface area contributed by atoms with E-state index < -0.39 is 12.1 Å². The maximum Gasteiger partial charge on any atom is 0.328 e. The van der Waals surface area contributed by atoms with Gasteiger partial charge < -0.3 is 15.4 Å². The molecular weight excluding hydrogens is 196 g/mol. The Balaban J connectivity index is 2.17. The van der Waals surface area contributed by atoms with Crippen molar-refractivity contribution in [2.75, 3.05) is 7.11 Å². The molecule has 0 spiro atoms. The van der Waals surface area contributed by atoms with Gasteiger partial charge in [-0.1, -0.05) is 0 Å². The van der Waals surface area contributed by atoms with E-state index in [4.69, 9.17) is 10.5 Å². The molecule has 5 heteroatoms. The molecule has 3 atom stereocenters. The number of piperidine rings is 1. The number of carbonyl (C=O) groups is 2. The summed E-state index contributed by atoms with van der Waals surface area (Å²) in [7, 11) is 1.35. The Morgan fingerprint density at radius 3 is 2.73 bits per heavy atom. The Bertz CT molecular complexity index is 292. The highest BCUT2D eigenvalue weighted by Gasteiger charge is 2.45. The largest absolute Gasteiger partial charge is 0.467 e. The number of nitrogens with two attached hydrogens (primary N) is 1. The first-order valence-electron chi connectivity index (χ1n) is 5.30.